The van der Waals surface area contributed by atoms with Gasteiger partial charge in [0, 0.05) is 11.1 Å². The van der Waals surface area contributed by atoms with Gasteiger partial charge in [-0.25, -0.2) is 4.79 Å². The minimum atomic E-state index is -1.07. The monoisotopic (exact) mass is 362 g/mol. The summed E-state index contributed by atoms with van der Waals surface area (Å²) in [5, 5.41) is 13.1. The minimum absolute atomic E-state index is 0.252. The van der Waals surface area contributed by atoms with Crippen LogP contribution in [0.3, 0.4) is 0 Å². The van der Waals surface area contributed by atoms with E-state index >= 15 is 0 Å². The number of thiophene rings is 1. The largest absolute Gasteiger partial charge is 0.480 e. The van der Waals surface area contributed by atoms with Gasteiger partial charge in [0.25, 0.3) is 0 Å². The Kier molecular flexibility index (Phi) is 5.73. The molecule has 132 valence electrons. The molecule has 0 radical (unpaired) electrons. The molecule has 9 heteroatoms. The minimum Gasteiger partial charge on any atom is -0.480 e. The highest BCUT2D eigenvalue weighted by molar-refractivity contribution is 7.14. The molecule has 1 atom stereocenters. The fourth-order valence-corrected chi connectivity index (χ4v) is 3.23. The third-order valence-corrected chi connectivity index (χ3v) is 4.53. The van der Waals surface area contributed by atoms with E-state index in [0.29, 0.717) is 28.1 Å². The molecule has 0 aliphatic carbocycles. The van der Waals surface area contributed by atoms with Crippen LogP contribution in [0, 0.1) is 0 Å². The number of hydrogen-bond acceptors (Lipinski definition) is 5. The number of primary amides is 2. The summed E-state index contributed by atoms with van der Waals surface area (Å²) in [5.41, 5.74) is 18.2. The van der Waals surface area contributed by atoms with Crippen LogP contribution in [0.2, 0.25) is 0 Å². The number of nitrogens with one attached hydrogen (secondary N) is 1. The number of urea groups is 1. The number of benzene rings is 1. The third kappa shape index (κ3) is 4.55. The van der Waals surface area contributed by atoms with Crippen LogP contribution in [-0.2, 0) is 11.2 Å². The van der Waals surface area contributed by atoms with E-state index in [0.717, 1.165) is 5.56 Å². The number of aryl methyl sites for hydroxylation is 1. The van der Waals surface area contributed by atoms with E-state index in [4.69, 9.17) is 22.3 Å². The Balaban J connectivity index is 2.39. The van der Waals surface area contributed by atoms with Crippen LogP contribution in [0.1, 0.15) is 22.3 Å². The molecular weight excluding hydrogens is 344 g/mol. The lowest BCUT2D eigenvalue weighted by atomic mass is 9.98. The Hall–Kier alpha value is -2.91. The van der Waals surface area contributed by atoms with Crippen molar-refractivity contribution in [2.45, 2.75) is 18.9 Å². The van der Waals surface area contributed by atoms with Gasteiger partial charge >= 0.3 is 12.0 Å². The number of nitrogens with two attached hydrogens (primary N) is 3. The summed E-state index contributed by atoms with van der Waals surface area (Å²) < 4.78 is 0. The average Bonchev–Trinajstić information content (AvgIpc) is 2.99. The zero-order valence-corrected chi connectivity index (χ0v) is 14.0. The van der Waals surface area contributed by atoms with E-state index < -0.39 is 23.9 Å². The molecule has 0 saturated heterocycles. The summed E-state index contributed by atoms with van der Waals surface area (Å²) in [7, 11) is 0. The van der Waals surface area contributed by atoms with Crippen molar-refractivity contribution in [2.24, 2.45) is 17.2 Å². The van der Waals surface area contributed by atoms with Gasteiger partial charge in [-0.1, -0.05) is 6.07 Å². The maximum Gasteiger partial charge on any atom is 0.320 e. The Bertz CT molecular complexity index is 818. The first-order valence-corrected chi connectivity index (χ1v) is 8.23. The van der Waals surface area contributed by atoms with Crippen molar-refractivity contribution in [3.8, 4) is 10.4 Å². The smallest absolute Gasteiger partial charge is 0.320 e. The van der Waals surface area contributed by atoms with Gasteiger partial charge in [-0.15, -0.1) is 11.3 Å². The number of anilines is 1. The van der Waals surface area contributed by atoms with Gasteiger partial charge in [-0.05, 0) is 42.0 Å². The number of aliphatic carboxylic acids is 1. The first kappa shape index (κ1) is 18.4. The van der Waals surface area contributed by atoms with E-state index in [1.807, 2.05) is 0 Å². The molecule has 0 fully saturated rings. The Morgan fingerprint density at radius 1 is 1.20 bits per heavy atom. The number of hydrogen-bond donors (Lipinski definition) is 5. The second-order valence-corrected chi connectivity index (χ2v) is 6.30. The molecule has 1 aromatic heterocycles. The summed E-state index contributed by atoms with van der Waals surface area (Å²) in [4.78, 5) is 34.3. The van der Waals surface area contributed by atoms with Crippen molar-refractivity contribution in [3.05, 3.63) is 40.8 Å². The highest BCUT2D eigenvalue weighted by atomic mass is 32.1. The van der Waals surface area contributed by atoms with Crippen molar-refractivity contribution in [2.75, 3.05) is 5.32 Å². The fraction of sp³-hybridized carbons (Fsp3) is 0.188. The molecule has 0 aliphatic rings. The van der Waals surface area contributed by atoms with Crippen molar-refractivity contribution < 1.29 is 19.5 Å². The number of carbonyl (C=O) groups excluding carboxylic acids is 2. The third-order valence-electron chi connectivity index (χ3n) is 3.58. The predicted octanol–water partition coefficient (Wildman–Crippen LogP) is 1.35. The van der Waals surface area contributed by atoms with E-state index in [1.54, 1.807) is 29.6 Å². The van der Waals surface area contributed by atoms with Crippen molar-refractivity contribution in [1.82, 2.24) is 0 Å². The number of carbonyl (C=O) groups is 3. The van der Waals surface area contributed by atoms with Gasteiger partial charge in [0.1, 0.15) is 6.04 Å². The van der Waals surface area contributed by atoms with Gasteiger partial charge in [-0.3, -0.25) is 9.59 Å². The number of carboxylic acid groups (broad SMARTS) is 1. The normalized spacial score (nSPS) is 11.7. The fourth-order valence-electron chi connectivity index (χ4n) is 2.34. The van der Waals surface area contributed by atoms with Gasteiger partial charge in [0.2, 0.25) is 5.91 Å². The van der Waals surface area contributed by atoms with E-state index in [2.05, 4.69) is 5.32 Å². The first-order chi connectivity index (χ1) is 11.8. The summed E-state index contributed by atoms with van der Waals surface area (Å²) in [6.45, 7) is 0. The molecule has 0 unspecified atom stereocenters. The molecule has 8 N–H and O–H groups in total. The first-order valence-electron chi connectivity index (χ1n) is 7.35. The molecule has 0 aliphatic heterocycles. The second-order valence-electron chi connectivity index (χ2n) is 5.38. The number of amides is 3. The highest BCUT2D eigenvalue weighted by Crippen LogP contribution is 2.36. The lowest BCUT2D eigenvalue weighted by Gasteiger charge is -2.12. The SMILES string of the molecule is NC(=O)Nc1ccsc1-c1cc(CC[C@H](N)C(=O)O)ccc1C(N)=O. The quantitative estimate of drug-likeness (QED) is 0.501. The Morgan fingerprint density at radius 2 is 1.92 bits per heavy atom. The second kappa shape index (κ2) is 7.77. The highest BCUT2D eigenvalue weighted by Gasteiger charge is 2.17. The molecule has 0 saturated carbocycles. The molecule has 1 heterocycles. The van der Waals surface area contributed by atoms with Gasteiger partial charge < -0.3 is 27.6 Å². The zero-order valence-electron chi connectivity index (χ0n) is 13.2. The molecule has 1 aromatic carbocycles. The van der Waals surface area contributed by atoms with E-state index in [9.17, 15) is 14.4 Å². The van der Waals surface area contributed by atoms with E-state index in [1.165, 1.54) is 11.3 Å². The molecule has 8 nitrogen and oxygen atoms in total. The molecule has 2 rings (SSSR count). The summed E-state index contributed by atoms with van der Waals surface area (Å²) >= 11 is 1.32. The van der Waals surface area contributed by atoms with Gasteiger partial charge in [0.15, 0.2) is 0 Å². The van der Waals surface area contributed by atoms with Crippen molar-refractivity contribution in [1.29, 1.82) is 0 Å². The standard InChI is InChI=1S/C16H18N4O4S/c17-11(15(22)23)4-2-8-1-3-9(14(18)21)10(7-8)13-12(5-6-25-13)20-16(19)24/h1,3,5-7,11H,2,4,17H2,(H2,18,21)(H,22,23)(H3,19,20,24)/t11-/m0/s1. The predicted molar refractivity (Wildman–Crippen MR) is 95.4 cm³/mol. The van der Waals surface area contributed by atoms with Crippen LogP contribution in [-0.4, -0.2) is 29.1 Å². The maximum atomic E-state index is 11.7. The Labute approximate surface area is 147 Å². The topological polar surface area (TPSA) is 162 Å². The van der Waals surface area contributed by atoms with Crippen LogP contribution in [0.5, 0.6) is 0 Å². The molecule has 25 heavy (non-hydrogen) atoms. The molecule has 3 amide bonds. The lowest BCUT2D eigenvalue weighted by Crippen LogP contribution is -2.30. The van der Waals surface area contributed by atoms with Crippen molar-refractivity contribution in [3.63, 3.8) is 0 Å². The summed E-state index contributed by atoms with van der Waals surface area (Å²) in [6.07, 6.45) is 0.672. The number of rotatable bonds is 7. The van der Waals surface area contributed by atoms with Crippen molar-refractivity contribution >= 4 is 34.9 Å². The molecule has 0 spiro atoms. The summed E-state index contributed by atoms with van der Waals surface area (Å²) in [5.74, 6) is -1.68. The van der Waals surface area contributed by atoms with Gasteiger partial charge in [-0.2, -0.15) is 0 Å². The summed E-state index contributed by atoms with van der Waals surface area (Å²) in [6, 6.07) is 5.01. The van der Waals surface area contributed by atoms with Crippen LogP contribution in [0.15, 0.2) is 29.6 Å². The van der Waals surface area contributed by atoms with Crippen LogP contribution < -0.4 is 22.5 Å². The molecule has 0 bridgehead atoms. The van der Waals surface area contributed by atoms with E-state index in [-0.39, 0.29) is 6.42 Å². The Morgan fingerprint density at radius 3 is 2.52 bits per heavy atom. The van der Waals surface area contributed by atoms with Crippen LogP contribution in [0.25, 0.3) is 10.4 Å². The molecule has 2 aromatic rings. The van der Waals surface area contributed by atoms with Crippen LogP contribution >= 0.6 is 11.3 Å². The number of carboxylic acids is 1. The van der Waals surface area contributed by atoms with Gasteiger partial charge in [0.05, 0.1) is 10.6 Å². The lowest BCUT2D eigenvalue weighted by molar-refractivity contribution is -0.138. The van der Waals surface area contributed by atoms with Crippen LogP contribution in [0.4, 0.5) is 10.5 Å². The maximum absolute atomic E-state index is 11.7. The molecular formula is C16H18N4O4S. The average molecular weight is 362 g/mol. The zero-order chi connectivity index (χ0) is 18.6.